The van der Waals surface area contributed by atoms with E-state index in [1.807, 2.05) is 0 Å². The monoisotopic (exact) mass is 540 g/mol. The van der Waals surface area contributed by atoms with Crippen LogP contribution in [0, 0.1) is 28.6 Å². The van der Waals surface area contributed by atoms with Gasteiger partial charge >= 0.3 is 17.9 Å². The van der Waals surface area contributed by atoms with Crippen LogP contribution in [0.3, 0.4) is 0 Å². The van der Waals surface area contributed by atoms with E-state index >= 15 is 0 Å². The SMILES string of the molecule is CC(=O)OCC(Br)[C@]1(C)CC=C2[C@H](C1)[C@@H](OC(C)=O)C[C@H]1[C@]3(O)CC[C@@H]3[C@@H](OC(C)=O)C[C@]21C. The second-order valence-electron chi connectivity index (χ2n) is 11.4. The van der Waals surface area contributed by atoms with E-state index in [1.54, 1.807) is 0 Å². The van der Waals surface area contributed by atoms with Gasteiger partial charge in [-0.3, -0.25) is 14.4 Å². The number of hydrogen-bond donors (Lipinski definition) is 1. The molecule has 1 N–H and O–H groups in total. The Labute approximate surface area is 210 Å². The van der Waals surface area contributed by atoms with Crippen LogP contribution in [0.2, 0.25) is 0 Å². The molecule has 0 spiro atoms. The van der Waals surface area contributed by atoms with Gasteiger partial charge in [0, 0.05) is 38.5 Å². The summed E-state index contributed by atoms with van der Waals surface area (Å²) < 4.78 is 16.9. The Hall–Kier alpha value is -1.41. The molecule has 0 amide bonds. The smallest absolute Gasteiger partial charge is 0.302 e. The van der Waals surface area contributed by atoms with Crippen molar-refractivity contribution in [1.82, 2.24) is 0 Å². The van der Waals surface area contributed by atoms with Crippen LogP contribution in [0.1, 0.15) is 73.1 Å². The molecule has 7 nitrogen and oxygen atoms in total. The van der Waals surface area contributed by atoms with Crippen LogP contribution < -0.4 is 0 Å². The lowest BCUT2D eigenvalue weighted by Crippen LogP contribution is -2.69. The molecule has 34 heavy (non-hydrogen) atoms. The lowest BCUT2D eigenvalue weighted by molar-refractivity contribution is -0.254. The van der Waals surface area contributed by atoms with Gasteiger partial charge in [0.15, 0.2) is 0 Å². The number of allylic oxidation sites excluding steroid dienone is 1. The molecule has 0 radical (unpaired) electrons. The maximum atomic E-state index is 12.1. The standard InChI is InChI=1S/C26H37BrO7/c1-14(28)32-13-23(27)24(4)8-6-18-17(11-24)20(33-15(2)29)10-22-25(18,5)12-21(34-16(3)30)19-7-9-26(19,22)31/h6,17,19-23,31H,7-13H2,1-5H3/t17-,19+,20-,21-,22+,23?,24+,25+,26-/m0/s1. The van der Waals surface area contributed by atoms with E-state index in [0.717, 1.165) is 19.3 Å². The van der Waals surface area contributed by atoms with Crippen molar-refractivity contribution in [3.8, 4) is 0 Å². The van der Waals surface area contributed by atoms with Crippen molar-refractivity contribution in [2.45, 2.75) is 95.8 Å². The summed E-state index contributed by atoms with van der Waals surface area (Å²) in [5, 5.41) is 11.8. The van der Waals surface area contributed by atoms with Gasteiger partial charge in [-0.05, 0) is 49.4 Å². The lowest BCUT2D eigenvalue weighted by atomic mass is 9.41. The van der Waals surface area contributed by atoms with Gasteiger partial charge in [-0.25, -0.2) is 0 Å². The van der Waals surface area contributed by atoms with Crippen molar-refractivity contribution in [2.75, 3.05) is 6.61 Å². The van der Waals surface area contributed by atoms with E-state index in [0.29, 0.717) is 19.3 Å². The number of carbonyl (C=O) groups excluding carboxylic acids is 3. The van der Waals surface area contributed by atoms with E-state index in [2.05, 4.69) is 35.9 Å². The molecule has 0 aromatic heterocycles. The van der Waals surface area contributed by atoms with Crippen molar-refractivity contribution < 1.29 is 33.7 Å². The summed E-state index contributed by atoms with van der Waals surface area (Å²) >= 11 is 3.75. The van der Waals surface area contributed by atoms with Crippen molar-refractivity contribution in [1.29, 1.82) is 0 Å². The Morgan fingerprint density at radius 3 is 2.29 bits per heavy atom. The molecule has 4 rings (SSSR count). The predicted octanol–water partition coefficient (Wildman–Crippen LogP) is 4.09. The highest BCUT2D eigenvalue weighted by molar-refractivity contribution is 9.09. The maximum Gasteiger partial charge on any atom is 0.302 e. The van der Waals surface area contributed by atoms with Crippen molar-refractivity contribution >= 4 is 33.8 Å². The van der Waals surface area contributed by atoms with Gasteiger partial charge < -0.3 is 19.3 Å². The fourth-order valence-electron chi connectivity index (χ4n) is 7.49. The van der Waals surface area contributed by atoms with Crippen molar-refractivity contribution in [3.05, 3.63) is 11.6 Å². The second-order valence-corrected chi connectivity index (χ2v) is 12.5. The fraction of sp³-hybridized carbons (Fsp3) is 0.808. The third-order valence-corrected chi connectivity index (χ3v) is 10.6. The fourth-order valence-corrected chi connectivity index (χ4v) is 7.99. The minimum atomic E-state index is -0.925. The van der Waals surface area contributed by atoms with Gasteiger partial charge in [-0.2, -0.15) is 0 Å². The Bertz CT molecular complexity index is 902. The number of hydrogen-bond acceptors (Lipinski definition) is 7. The highest BCUT2D eigenvalue weighted by atomic mass is 79.9. The van der Waals surface area contributed by atoms with Crippen LogP contribution in [-0.2, 0) is 28.6 Å². The Morgan fingerprint density at radius 1 is 1.09 bits per heavy atom. The van der Waals surface area contributed by atoms with Crippen LogP contribution in [-0.4, -0.2) is 52.3 Å². The molecule has 0 saturated heterocycles. The molecule has 9 atom stereocenters. The molecule has 0 aliphatic heterocycles. The van der Waals surface area contributed by atoms with E-state index < -0.39 is 5.60 Å². The average Bonchev–Trinajstić information content (AvgIpc) is 2.71. The number of aliphatic hydroxyl groups is 1. The first kappa shape index (κ1) is 25.7. The maximum absolute atomic E-state index is 12.1. The summed E-state index contributed by atoms with van der Waals surface area (Å²) in [5.74, 6) is -1.10. The lowest BCUT2D eigenvalue weighted by Gasteiger charge is -2.67. The van der Waals surface area contributed by atoms with Gasteiger partial charge in [-0.15, -0.1) is 0 Å². The molecule has 1 unspecified atom stereocenters. The molecule has 0 aromatic carbocycles. The summed E-state index contributed by atoms with van der Waals surface area (Å²) in [7, 11) is 0. The minimum Gasteiger partial charge on any atom is -0.465 e. The third kappa shape index (κ3) is 4.23. The quantitative estimate of drug-likeness (QED) is 0.242. The summed E-state index contributed by atoms with van der Waals surface area (Å²) in [5.41, 5.74) is -0.279. The average molecular weight is 541 g/mol. The molecule has 3 saturated carbocycles. The number of esters is 3. The number of rotatable bonds is 5. The normalized spacial score (nSPS) is 43.6. The first-order valence-electron chi connectivity index (χ1n) is 12.3. The molecule has 4 aliphatic rings. The number of fused-ring (bicyclic) bond motifs is 5. The van der Waals surface area contributed by atoms with Gasteiger partial charge in [0.05, 0.1) is 10.4 Å². The molecular formula is C26H37BrO7. The molecule has 4 aliphatic carbocycles. The van der Waals surface area contributed by atoms with Gasteiger partial charge in [0.1, 0.15) is 18.8 Å². The molecule has 0 heterocycles. The molecule has 8 heteroatoms. The van der Waals surface area contributed by atoms with Crippen LogP contribution in [0.15, 0.2) is 11.6 Å². The van der Waals surface area contributed by atoms with Crippen LogP contribution in [0.25, 0.3) is 0 Å². The summed E-state index contributed by atoms with van der Waals surface area (Å²) in [4.78, 5) is 35.3. The zero-order valence-electron chi connectivity index (χ0n) is 20.8. The first-order valence-corrected chi connectivity index (χ1v) is 13.3. The van der Waals surface area contributed by atoms with E-state index in [9.17, 15) is 19.5 Å². The summed E-state index contributed by atoms with van der Waals surface area (Å²) in [6.07, 6.45) is 5.90. The van der Waals surface area contributed by atoms with E-state index in [-0.39, 0.29) is 70.1 Å². The van der Waals surface area contributed by atoms with Crippen LogP contribution in [0.4, 0.5) is 0 Å². The van der Waals surface area contributed by atoms with Gasteiger partial charge in [0.25, 0.3) is 0 Å². The van der Waals surface area contributed by atoms with Crippen LogP contribution >= 0.6 is 15.9 Å². The molecular weight excluding hydrogens is 504 g/mol. The number of carbonyl (C=O) groups is 3. The zero-order valence-corrected chi connectivity index (χ0v) is 22.4. The second kappa shape index (κ2) is 8.91. The van der Waals surface area contributed by atoms with Gasteiger partial charge in [0.2, 0.25) is 0 Å². The largest absolute Gasteiger partial charge is 0.465 e. The molecule has 0 bridgehead atoms. The Balaban J connectivity index is 1.70. The number of ether oxygens (including phenoxy) is 3. The first-order chi connectivity index (χ1) is 15.8. The zero-order chi connectivity index (χ0) is 25.1. The van der Waals surface area contributed by atoms with E-state index in [4.69, 9.17) is 14.2 Å². The summed E-state index contributed by atoms with van der Waals surface area (Å²) in [6, 6.07) is 0. The van der Waals surface area contributed by atoms with Crippen LogP contribution in [0.5, 0.6) is 0 Å². The summed E-state index contributed by atoms with van der Waals surface area (Å²) in [6.45, 7) is 8.90. The van der Waals surface area contributed by atoms with E-state index in [1.165, 1.54) is 26.3 Å². The van der Waals surface area contributed by atoms with Crippen molar-refractivity contribution in [3.63, 3.8) is 0 Å². The van der Waals surface area contributed by atoms with Crippen molar-refractivity contribution in [2.24, 2.45) is 28.6 Å². The Morgan fingerprint density at radius 2 is 1.74 bits per heavy atom. The Kier molecular flexibility index (Phi) is 6.73. The highest BCUT2D eigenvalue weighted by Gasteiger charge is 2.68. The number of alkyl halides is 1. The third-order valence-electron chi connectivity index (χ3n) is 9.22. The topological polar surface area (TPSA) is 99.1 Å². The number of halogens is 1. The predicted molar refractivity (Wildman–Crippen MR) is 128 cm³/mol. The molecule has 190 valence electrons. The molecule has 0 aromatic rings. The minimum absolute atomic E-state index is 0.0144. The highest BCUT2D eigenvalue weighted by Crippen LogP contribution is 2.67. The molecule has 3 fully saturated rings. The van der Waals surface area contributed by atoms with Gasteiger partial charge in [-0.1, -0.05) is 41.4 Å².